The average molecular weight is 228 g/mol. The molecule has 1 aromatic rings. The Morgan fingerprint density at radius 2 is 1.93 bits per heavy atom. The molecule has 1 aromatic carbocycles. The number of ether oxygens (including phenoxy) is 1. The Hall–Kier alpha value is -1.40. The van der Waals surface area contributed by atoms with Gasteiger partial charge in [-0.3, -0.25) is 0 Å². The maximum absolute atomic E-state index is 11.6. The molecule has 0 aliphatic carbocycles. The third-order valence-corrected chi connectivity index (χ3v) is 3.13. The van der Waals surface area contributed by atoms with Crippen LogP contribution in [-0.4, -0.2) is 21.1 Å². The zero-order valence-electron chi connectivity index (χ0n) is 8.01. The van der Waals surface area contributed by atoms with Gasteiger partial charge in [-0.15, -0.1) is 0 Å². The lowest BCUT2D eigenvalue weighted by Gasteiger charge is -2.11. The summed E-state index contributed by atoms with van der Waals surface area (Å²) in [5, 5.41) is 0. The summed E-state index contributed by atoms with van der Waals surface area (Å²) in [5.41, 5.74) is 0. The summed E-state index contributed by atoms with van der Waals surface area (Å²) < 4.78 is 29.7. The second-order valence-electron chi connectivity index (χ2n) is 2.78. The molecule has 15 heavy (non-hydrogen) atoms. The SMILES string of the molecule is CC(NS(=O)(=O)c1ccccc1)O[C]=O. The van der Waals surface area contributed by atoms with Gasteiger partial charge in [0.15, 0.2) is 6.23 Å². The molecule has 0 spiro atoms. The van der Waals surface area contributed by atoms with Crippen molar-refractivity contribution in [2.45, 2.75) is 18.0 Å². The van der Waals surface area contributed by atoms with E-state index in [0.717, 1.165) is 6.47 Å². The molecule has 0 aliphatic heterocycles. The van der Waals surface area contributed by atoms with Crippen molar-refractivity contribution < 1.29 is 17.9 Å². The maximum Gasteiger partial charge on any atom is 0.419 e. The molecule has 1 atom stereocenters. The zero-order chi connectivity index (χ0) is 11.3. The monoisotopic (exact) mass is 228 g/mol. The molecule has 6 heteroatoms. The number of hydrogen-bond acceptors (Lipinski definition) is 4. The highest BCUT2D eigenvalue weighted by atomic mass is 32.2. The first-order valence-corrected chi connectivity index (χ1v) is 5.65. The van der Waals surface area contributed by atoms with E-state index in [9.17, 15) is 13.2 Å². The Bertz CT molecular complexity index is 415. The molecule has 1 N–H and O–H groups in total. The molecule has 0 heterocycles. The molecular weight excluding hydrogens is 218 g/mol. The largest absolute Gasteiger partial charge is 0.437 e. The second kappa shape index (κ2) is 4.90. The van der Waals surface area contributed by atoms with Gasteiger partial charge < -0.3 is 4.74 Å². The van der Waals surface area contributed by atoms with Gasteiger partial charge in [0.2, 0.25) is 10.0 Å². The fraction of sp³-hybridized carbons (Fsp3) is 0.222. The molecule has 1 unspecified atom stereocenters. The molecule has 0 fully saturated rings. The highest BCUT2D eigenvalue weighted by Gasteiger charge is 2.17. The molecule has 5 nitrogen and oxygen atoms in total. The van der Waals surface area contributed by atoms with Crippen LogP contribution in [0.2, 0.25) is 0 Å². The number of rotatable bonds is 5. The number of carbonyl (C=O) groups excluding carboxylic acids is 1. The third-order valence-electron chi connectivity index (χ3n) is 1.60. The van der Waals surface area contributed by atoms with E-state index in [1.165, 1.54) is 19.1 Å². The van der Waals surface area contributed by atoms with Crippen molar-refractivity contribution >= 4 is 16.5 Å². The van der Waals surface area contributed by atoms with Crippen LogP contribution in [0.5, 0.6) is 0 Å². The van der Waals surface area contributed by atoms with E-state index >= 15 is 0 Å². The van der Waals surface area contributed by atoms with Gasteiger partial charge in [0.05, 0.1) is 4.90 Å². The fourth-order valence-electron chi connectivity index (χ4n) is 0.982. The van der Waals surface area contributed by atoms with Crippen molar-refractivity contribution in [1.82, 2.24) is 4.72 Å². The van der Waals surface area contributed by atoms with Crippen molar-refractivity contribution in [3.8, 4) is 0 Å². The van der Waals surface area contributed by atoms with Crippen molar-refractivity contribution in [3.63, 3.8) is 0 Å². The third kappa shape index (κ3) is 3.34. The molecule has 0 aliphatic rings. The summed E-state index contributed by atoms with van der Waals surface area (Å²) in [6.07, 6.45) is -0.937. The first-order valence-electron chi connectivity index (χ1n) is 4.16. The van der Waals surface area contributed by atoms with Crippen LogP contribution in [0, 0.1) is 0 Å². The van der Waals surface area contributed by atoms with E-state index in [1.54, 1.807) is 18.2 Å². The van der Waals surface area contributed by atoms with Crippen molar-refractivity contribution in [1.29, 1.82) is 0 Å². The Morgan fingerprint density at radius 3 is 2.47 bits per heavy atom. The highest BCUT2D eigenvalue weighted by Crippen LogP contribution is 2.07. The Labute approximate surface area is 88.1 Å². The summed E-state index contributed by atoms with van der Waals surface area (Å²) >= 11 is 0. The van der Waals surface area contributed by atoms with Gasteiger partial charge in [0, 0.05) is 0 Å². The van der Waals surface area contributed by atoms with Gasteiger partial charge in [-0.25, -0.2) is 13.2 Å². The normalized spacial score (nSPS) is 13.1. The van der Waals surface area contributed by atoms with Gasteiger partial charge in [-0.05, 0) is 19.1 Å². The van der Waals surface area contributed by atoms with Crippen LogP contribution in [0.15, 0.2) is 35.2 Å². The molecule has 81 valence electrons. The van der Waals surface area contributed by atoms with Crippen LogP contribution >= 0.6 is 0 Å². The Morgan fingerprint density at radius 1 is 1.33 bits per heavy atom. The first-order chi connectivity index (χ1) is 7.06. The van der Waals surface area contributed by atoms with E-state index in [-0.39, 0.29) is 4.90 Å². The second-order valence-corrected chi connectivity index (χ2v) is 4.49. The lowest BCUT2D eigenvalue weighted by Crippen LogP contribution is -2.34. The minimum absolute atomic E-state index is 0.117. The summed E-state index contributed by atoms with van der Waals surface area (Å²) in [4.78, 5) is 9.97. The molecule has 0 amide bonds. The van der Waals surface area contributed by atoms with Crippen LogP contribution in [0.25, 0.3) is 0 Å². The van der Waals surface area contributed by atoms with E-state index in [1.807, 2.05) is 0 Å². The van der Waals surface area contributed by atoms with Gasteiger partial charge in [0.25, 0.3) is 0 Å². The summed E-state index contributed by atoms with van der Waals surface area (Å²) in [7, 11) is -3.64. The molecule has 0 aromatic heterocycles. The summed E-state index contributed by atoms with van der Waals surface area (Å²) in [5.74, 6) is 0. The molecule has 1 radical (unpaired) electrons. The predicted molar refractivity (Wildman–Crippen MR) is 53.0 cm³/mol. The van der Waals surface area contributed by atoms with Crippen LogP contribution in [-0.2, 0) is 19.6 Å². The topological polar surface area (TPSA) is 72.5 Å². The highest BCUT2D eigenvalue weighted by molar-refractivity contribution is 7.89. The van der Waals surface area contributed by atoms with Crippen LogP contribution < -0.4 is 4.72 Å². The summed E-state index contributed by atoms with van der Waals surface area (Å²) in [6, 6.07) is 7.80. The lowest BCUT2D eigenvalue weighted by molar-refractivity contribution is 0.184. The van der Waals surface area contributed by atoms with Gasteiger partial charge in [-0.1, -0.05) is 18.2 Å². The minimum Gasteiger partial charge on any atom is -0.437 e. The quantitative estimate of drug-likeness (QED) is 0.740. The molecule has 1 rings (SSSR count). The predicted octanol–water partition coefficient (Wildman–Crippen LogP) is 0.395. The van der Waals surface area contributed by atoms with Crippen LogP contribution in [0.3, 0.4) is 0 Å². The number of sulfonamides is 1. The average Bonchev–Trinajstić information content (AvgIpc) is 2.18. The van der Waals surface area contributed by atoms with Gasteiger partial charge >= 0.3 is 6.47 Å². The smallest absolute Gasteiger partial charge is 0.419 e. The summed E-state index contributed by atoms with van der Waals surface area (Å²) in [6.45, 7) is 2.56. The minimum atomic E-state index is -3.64. The molecular formula is C9H10NO4S. The van der Waals surface area contributed by atoms with E-state index in [4.69, 9.17) is 0 Å². The van der Waals surface area contributed by atoms with E-state index < -0.39 is 16.3 Å². The van der Waals surface area contributed by atoms with E-state index in [0.29, 0.717) is 0 Å². The fourth-order valence-corrected chi connectivity index (χ4v) is 2.12. The van der Waals surface area contributed by atoms with Crippen molar-refractivity contribution in [3.05, 3.63) is 30.3 Å². The molecule has 0 saturated heterocycles. The van der Waals surface area contributed by atoms with Crippen molar-refractivity contribution in [2.75, 3.05) is 0 Å². The van der Waals surface area contributed by atoms with Crippen molar-refractivity contribution in [2.24, 2.45) is 0 Å². The van der Waals surface area contributed by atoms with Gasteiger partial charge in [0.1, 0.15) is 0 Å². The maximum atomic E-state index is 11.6. The number of nitrogens with one attached hydrogen (secondary N) is 1. The molecule has 0 bridgehead atoms. The Kier molecular flexibility index (Phi) is 3.81. The Balaban J connectivity index is 2.81. The van der Waals surface area contributed by atoms with Gasteiger partial charge in [-0.2, -0.15) is 4.72 Å². The molecule has 0 saturated carbocycles. The zero-order valence-corrected chi connectivity index (χ0v) is 8.82. The van der Waals surface area contributed by atoms with Crippen LogP contribution in [0.4, 0.5) is 0 Å². The van der Waals surface area contributed by atoms with Crippen LogP contribution in [0.1, 0.15) is 6.92 Å². The standard InChI is InChI=1S/C9H10NO4S/c1-8(14-7-11)10-15(12,13)9-5-3-2-4-6-9/h2-6,8,10H,1H3. The lowest BCUT2D eigenvalue weighted by atomic mass is 10.4. The first kappa shape index (κ1) is 11.7. The van der Waals surface area contributed by atoms with E-state index in [2.05, 4.69) is 9.46 Å². The number of hydrogen-bond donors (Lipinski definition) is 1. The number of benzene rings is 1.